The molecule has 2 aromatic heterocycles. The van der Waals surface area contributed by atoms with Gasteiger partial charge in [-0.25, -0.2) is 0 Å². The summed E-state index contributed by atoms with van der Waals surface area (Å²) in [5, 5.41) is 7.46. The molecule has 136 valence electrons. The molecule has 6 nitrogen and oxygen atoms in total. The highest BCUT2D eigenvalue weighted by Crippen LogP contribution is 2.19. The third kappa shape index (κ3) is 5.64. The molecule has 0 aliphatic carbocycles. The highest BCUT2D eigenvalue weighted by molar-refractivity contribution is 7.98. The fourth-order valence-electron chi connectivity index (χ4n) is 2.21. The first-order valence-electron chi connectivity index (χ1n) is 8.16. The number of carbonyl (C=O) groups is 1. The summed E-state index contributed by atoms with van der Waals surface area (Å²) in [5.74, 6) is 3.47. The van der Waals surface area contributed by atoms with Crippen molar-refractivity contribution in [2.45, 2.75) is 18.6 Å². The van der Waals surface area contributed by atoms with Crippen LogP contribution in [0.25, 0.3) is 11.4 Å². The number of carbonyl (C=O) groups excluding carboxylic acids is 1. The molecule has 1 amide bonds. The third-order valence-corrected chi connectivity index (χ3v) is 4.76. The quantitative estimate of drug-likeness (QED) is 0.556. The second kappa shape index (κ2) is 9.45. The van der Waals surface area contributed by atoms with Gasteiger partial charge in [-0.3, -0.25) is 4.79 Å². The van der Waals surface area contributed by atoms with E-state index in [2.05, 4.69) is 15.5 Å². The van der Waals surface area contributed by atoms with Crippen molar-refractivity contribution in [2.75, 3.05) is 12.3 Å². The zero-order chi connectivity index (χ0) is 18.2. The Hall–Kier alpha value is -2.25. The van der Waals surface area contributed by atoms with Crippen molar-refractivity contribution in [3.8, 4) is 11.4 Å². The molecule has 0 unspecified atom stereocenters. The standard InChI is InChI=1S/C18H18ClN3O3S/c19-14-5-3-13(4-6-14)18-21-17(25-22-18)8-7-16(23)20-9-11-26-12-15-2-1-10-24-15/h1-6,10H,7-9,11-12H2,(H,20,23). The predicted octanol–water partition coefficient (Wildman–Crippen LogP) is 3.97. The van der Waals surface area contributed by atoms with Gasteiger partial charge in [-0.15, -0.1) is 0 Å². The van der Waals surface area contributed by atoms with Crippen LogP contribution < -0.4 is 5.32 Å². The normalized spacial score (nSPS) is 10.8. The van der Waals surface area contributed by atoms with Gasteiger partial charge < -0.3 is 14.3 Å². The third-order valence-electron chi connectivity index (χ3n) is 3.53. The maximum Gasteiger partial charge on any atom is 0.227 e. The van der Waals surface area contributed by atoms with Crippen molar-refractivity contribution in [3.63, 3.8) is 0 Å². The molecule has 3 rings (SSSR count). The molecule has 0 fully saturated rings. The van der Waals surface area contributed by atoms with Gasteiger partial charge in [-0.2, -0.15) is 16.7 Å². The van der Waals surface area contributed by atoms with Gasteiger partial charge in [0.15, 0.2) is 0 Å². The zero-order valence-corrected chi connectivity index (χ0v) is 15.6. The van der Waals surface area contributed by atoms with Gasteiger partial charge in [0.2, 0.25) is 17.6 Å². The van der Waals surface area contributed by atoms with Gasteiger partial charge in [-0.1, -0.05) is 16.8 Å². The number of aryl methyl sites for hydroxylation is 1. The molecule has 0 aliphatic rings. The maximum atomic E-state index is 11.9. The molecular formula is C18H18ClN3O3S. The average Bonchev–Trinajstić information content (AvgIpc) is 3.32. The lowest BCUT2D eigenvalue weighted by atomic mass is 10.2. The zero-order valence-electron chi connectivity index (χ0n) is 14.0. The van der Waals surface area contributed by atoms with Crippen molar-refractivity contribution >= 4 is 29.3 Å². The summed E-state index contributed by atoms with van der Waals surface area (Å²) in [6.45, 7) is 0.615. The summed E-state index contributed by atoms with van der Waals surface area (Å²) in [6, 6.07) is 11.0. The molecular weight excluding hydrogens is 374 g/mol. The van der Waals surface area contributed by atoms with Crippen LogP contribution in [0.2, 0.25) is 5.02 Å². The van der Waals surface area contributed by atoms with Crippen molar-refractivity contribution in [3.05, 3.63) is 59.3 Å². The van der Waals surface area contributed by atoms with E-state index >= 15 is 0 Å². The minimum Gasteiger partial charge on any atom is -0.468 e. The minimum atomic E-state index is -0.0326. The van der Waals surface area contributed by atoms with Crippen LogP contribution in [0.1, 0.15) is 18.1 Å². The Kier molecular flexibility index (Phi) is 6.74. The predicted molar refractivity (Wildman–Crippen MR) is 101 cm³/mol. The Morgan fingerprint density at radius 2 is 2.08 bits per heavy atom. The second-order valence-corrected chi connectivity index (χ2v) is 7.04. The van der Waals surface area contributed by atoms with Crippen LogP contribution in [0.3, 0.4) is 0 Å². The highest BCUT2D eigenvalue weighted by Gasteiger charge is 2.10. The van der Waals surface area contributed by atoms with Crippen LogP contribution in [0.4, 0.5) is 0 Å². The van der Waals surface area contributed by atoms with Crippen LogP contribution in [-0.4, -0.2) is 28.3 Å². The molecule has 0 aliphatic heterocycles. The number of aromatic nitrogens is 2. The fourth-order valence-corrected chi connectivity index (χ4v) is 3.09. The van der Waals surface area contributed by atoms with Crippen molar-refractivity contribution in [1.82, 2.24) is 15.5 Å². The number of benzene rings is 1. The van der Waals surface area contributed by atoms with Crippen LogP contribution in [0.5, 0.6) is 0 Å². The summed E-state index contributed by atoms with van der Waals surface area (Å²) in [6.07, 6.45) is 2.38. The Bertz CT molecular complexity index is 819. The molecule has 0 bridgehead atoms. The molecule has 2 heterocycles. The molecule has 26 heavy (non-hydrogen) atoms. The number of furan rings is 1. The first-order chi connectivity index (χ1) is 12.7. The Balaban J connectivity index is 1.34. The van der Waals surface area contributed by atoms with E-state index in [-0.39, 0.29) is 5.91 Å². The molecule has 1 aromatic carbocycles. The van der Waals surface area contributed by atoms with Crippen LogP contribution in [0.15, 0.2) is 51.6 Å². The second-order valence-electron chi connectivity index (χ2n) is 5.50. The fraction of sp³-hybridized carbons (Fsp3) is 0.278. The number of amides is 1. The van der Waals surface area contributed by atoms with Gasteiger partial charge in [-0.05, 0) is 36.4 Å². The average molecular weight is 392 g/mol. The monoisotopic (exact) mass is 391 g/mol. The Labute approximate surface area is 160 Å². The van der Waals surface area contributed by atoms with Gasteiger partial charge >= 0.3 is 0 Å². The lowest BCUT2D eigenvalue weighted by Gasteiger charge is -2.03. The van der Waals surface area contributed by atoms with Crippen molar-refractivity contribution < 1.29 is 13.7 Å². The SMILES string of the molecule is O=C(CCc1nc(-c2ccc(Cl)cc2)no1)NCCSCc1ccco1. The Morgan fingerprint density at radius 3 is 2.85 bits per heavy atom. The summed E-state index contributed by atoms with van der Waals surface area (Å²) < 4.78 is 10.4. The number of nitrogens with one attached hydrogen (secondary N) is 1. The van der Waals surface area contributed by atoms with E-state index < -0.39 is 0 Å². The van der Waals surface area contributed by atoms with E-state index in [9.17, 15) is 4.79 Å². The van der Waals surface area contributed by atoms with E-state index in [1.54, 1.807) is 30.2 Å². The topological polar surface area (TPSA) is 81.2 Å². The molecule has 3 aromatic rings. The Morgan fingerprint density at radius 1 is 1.23 bits per heavy atom. The molecule has 8 heteroatoms. The number of nitrogens with zero attached hydrogens (tertiary/aromatic N) is 2. The molecule has 0 radical (unpaired) electrons. The number of rotatable bonds is 9. The summed E-state index contributed by atoms with van der Waals surface area (Å²) in [4.78, 5) is 16.2. The van der Waals surface area contributed by atoms with Gasteiger partial charge in [0.1, 0.15) is 5.76 Å². The summed E-state index contributed by atoms with van der Waals surface area (Å²) in [5.41, 5.74) is 0.822. The van der Waals surface area contributed by atoms with Gasteiger partial charge in [0, 0.05) is 35.7 Å². The van der Waals surface area contributed by atoms with Crippen LogP contribution >= 0.6 is 23.4 Å². The minimum absolute atomic E-state index is 0.0326. The molecule has 0 spiro atoms. The summed E-state index contributed by atoms with van der Waals surface area (Å²) >= 11 is 7.57. The molecule has 0 saturated carbocycles. The maximum absolute atomic E-state index is 11.9. The highest BCUT2D eigenvalue weighted by atomic mass is 35.5. The van der Waals surface area contributed by atoms with Crippen LogP contribution in [-0.2, 0) is 17.0 Å². The first kappa shape index (κ1) is 18.5. The van der Waals surface area contributed by atoms with Gasteiger partial charge in [0.05, 0.1) is 12.0 Å². The number of hydrogen-bond acceptors (Lipinski definition) is 6. The van der Waals surface area contributed by atoms with E-state index in [0.29, 0.717) is 36.1 Å². The van der Waals surface area contributed by atoms with Crippen LogP contribution in [0, 0.1) is 0 Å². The van der Waals surface area contributed by atoms with Crippen molar-refractivity contribution in [1.29, 1.82) is 0 Å². The smallest absolute Gasteiger partial charge is 0.227 e. The number of hydrogen-bond donors (Lipinski definition) is 1. The molecule has 0 saturated heterocycles. The number of halogens is 1. The van der Waals surface area contributed by atoms with E-state index in [0.717, 1.165) is 22.8 Å². The van der Waals surface area contributed by atoms with Crippen molar-refractivity contribution in [2.24, 2.45) is 0 Å². The van der Waals surface area contributed by atoms with E-state index in [4.69, 9.17) is 20.5 Å². The first-order valence-corrected chi connectivity index (χ1v) is 9.69. The summed E-state index contributed by atoms with van der Waals surface area (Å²) in [7, 11) is 0. The molecule has 1 N–H and O–H groups in total. The van der Waals surface area contributed by atoms with E-state index in [1.165, 1.54) is 0 Å². The number of thioether (sulfide) groups is 1. The lowest BCUT2D eigenvalue weighted by molar-refractivity contribution is -0.121. The largest absolute Gasteiger partial charge is 0.468 e. The van der Waals surface area contributed by atoms with Gasteiger partial charge in [0.25, 0.3) is 0 Å². The van der Waals surface area contributed by atoms with E-state index in [1.807, 2.05) is 24.3 Å². The molecule has 0 atom stereocenters. The lowest BCUT2D eigenvalue weighted by Crippen LogP contribution is -2.25.